The summed E-state index contributed by atoms with van der Waals surface area (Å²) in [6, 6.07) is 11.9. The van der Waals surface area contributed by atoms with E-state index in [0.717, 1.165) is 4.90 Å². The topological polar surface area (TPSA) is 89.9 Å². The lowest BCUT2D eigenvalue weighted by atomic mass is 10.2. The average Bonchev–Trinajstić information content (AvgIpc) is 2.77. The van der Waals surface area contributed by atoms with Crippen LogP contribution in [0.25, 0.3) is 0 Å². The van der Waals surface area contributed by atoms with Gasteiger partial charge in [0.2, 0.25) is 0 Å². The second-order valence-electron chi connectivity index (χ2n) is 4.73. The summed E-state index contributed by atoms with van der Waals surface area (Å²) in [5, 5.41) is 21.3. The Hall–Kier alpha value is -3.28. The van der Waals surface area contributed by atoms with Crippen molar-refractivity contribution in [3.8, 4) is 11.5 Å². The standard InChI is InChI=1S/C16H12N2O4/c19-12-5-1-10(2-6-12)17-14-9-15(21)18(16(14)22)11-3-7-13(20)8-4-11/h1-9,17,19-20H. The highest BCUT2D eigenvalue weighted by atomic mass is 16.3. The Bertz CT molecular complexity index is 764. The van der Waals surface area contributed by atoms with Crippen molar-refractivity contribution in [1.29, 1.82) is 0 Å². The number of benzene rings is 2. The first-order chi connectivity index (χ1) is 10.5. The van der Waals surface area contributed by atoms with Crippen LogP contribution in [0.1, 0.15) is 0 Å². The van der Waals surface area contributed by atoms with Crippen molar-refractivity contribution >= 4 is 23.2 Å². The first-order valence-electron chi connectivity index (χ1n) is 6.50. The molecule has 0 radical (unpaired) electrons. The molecule has 3 N–H and O–H groups in total. The molecule has 2 aromatic carbocycles. The highest BCUT2D eigenvalue weighted by Gasteiger charge is 2.32. The van der Waals surface area contributed by atoms with Crippen molar-refractivity contribution in [2.24, 2.45) is 0 Å². The summed E-state index contributed by atoms with van der Waals surface area (Å²) in [4.78, 5) is 25.4. The first kappa shape index (κ1) is 13.7. The first-order valence-corrected chi connectivity index (χ1v) is 6.50. The summed E-state index contributed by atoms with van der Waals surface area (Å²) in [5.41, 5.74) is 1.10. The summed E-state index contributed by atoms with van der Waals surface area (Å²) in [6.45, 7) is 0. The van der Waals surface area contributed by atoms with Gasteiger partial charge in [-0.1, -0.05) is 0 Å². The Morgan fingerprint density at radius 1 is 0.818 bits per heavy atom. The maximum atomic E-state index is 12.3. The maximum Gasteiger partial charge on any atom is 0.281 e. The van der Waals surface area contributed by atoms with E-state index in [1.54, 1.807) is 12.1 Å². The summed E-state index contributed by atoms with van der Waals surface area (Å²) in [6.07, 6.45) is 1.21. The lowest BCUT2D eigenvalue weighted by Gasteiger charge is -2.15. The Labute approximate surface area is 125 Å². The van der Waals surface area contributed by atoms with E-state index in [0.29, 0.717) is 11.4 Å². The molecule has 0 aliphatic carbocycles. The number of aromatic hydroxyl groups is 2. The molecular weight excluding hydrogens is 284 g/mol. The molecule has 0 aromatic heterocycles. The molecule has 6 nitrogen and oxygen atoms in total. The van der Waals surface area contributed by atoms with E-state index in [9.17, 15) is 19.8 Å². The van der Waals surface area contributed by atoms with Crippen LogP contribution < -0.4 is 10.2 Å². The quantitative estimate of drug-likeness (QED) is 0.595. The van der Waals surface area contributed by atoms with E-state index in [4.69, 9.17) is 0 Å². The van der Waals surface area contributed by atoms with Crippen LogP contribution in [0.15, 0.2) is 60.3 Å². The molecule has 0 atom stereocenters. The monoisotopic (exact) mass is 296 g/mol. The summed E-state index contributed by atoms with van der Waals surface area (Å²) in [5.74, 6) is -0.780. The number of phenols is 2. The Morgan fingerprint density at radius 2 is 1.36 bits per heavy atom. The molecule has 0 saturated carbocycles. The lowest BCUT2D eigenvalue weighted by molar-refractivity contribution is -0.120. The zero-order chi connectivity index (χ0) is 15.7. The number of nitrogens with zero attached hydrogens (tertiary/aromatic N) is 1. The Kier molecular flexibility index (Phi) is 3.27. The van der Waals surface area contributed by atoms with Crippen LogP contribution >= 0.6 is 0 Å². The smallest absolute Gasteiger partial charge is 0.281 e. The summed E-state index contributed by atoms with van der Waals surface area (Å²) >= 11 is 0. The Morgan fingerprint density at radius 3 is 1.95 bits per heavy atom. The number of nitrogens with one attached hydrogen (secondary N) is 1. The fraction of sp³-hybridized carbons (Fsp3) is 0. The number of imide groups is 1. The number of hydrogen-bond donors (Lipinski definition) is 3. The van der Waals surface area contributed by atoms with Crippen LogP contribution in [0, 0.1) is 0 Å². The summed E-state index contributed by atoms with van der Waals surface area (Å²) in [7, 11) is 0. The van der Waals surface area contributed by atoms with Crippen LogP contribution in [0.4, 0.5) is 11.4 Å². The van der Waals surface area contributed by atoms with E-state index >= 15 is 0 Å². The molecule has 2 aromatic rings. The maximum absolute atomic E-state index is 12.3. The van der Waals surface area contributed by atoms with Crippen molar-refractivity contribution in [2.75, 3.05) is 10.2 Å². The zero-order valence-electron chi connectivity index (χ0n) is 11.4. The largest absolute Gasteiger partial charge is 0.508 e. The third kappa shape index (κ3) is 2.49. The van der Waals surface area contributed by atoms with Crippen LogP contribution in [0.5, 0.6) is 11.5 Å². The van der Waals surface area contributed by atoms with Crippen LogP contribution in [-0.4, -0.2) is 22.0 Å². The van der Waals surface area contributed by atoms with Crippen LogP contribution in [0.2, 0.25) is 0 Å². The van der Waals surface area contributed by atoms with E-state index in [1.807, 2.05) is 0 Å². The van der Waals surface area contributed by atoms with Gasteiger partial charge < -0.3 is 15.5 Å². The molecule has 22 heavy (non-hydrogen) atoms. The van der Waals surface area contributed by atoms with E-state index in [-0.39, 0.29) is 17.2 Å². The van der Waals surface area contributed by atoms with E-state index < -0.39 is 11.8 Å². The van der Waals surface area contributed by atoms with Gasteiger partial charge in [0.1, 0.15) is 17.2 Å². The van der Waals surface area contributed by atoms with Gasteiger partial charge in [0.15, 0.2) is 0 Å². The number of anilines is 2. The lowest BCUT2D eigenvalue weighted by Crippen LogP contribution is -2.31. The number of phenolic OH excluding ortho intramolecular Hbond substituents is 2. The molecule has 1 heterocycles. The molecule has 0 spiro atoms. The Balaban J connectivity index is 1.82. The third-order valence-corrected chi connectivity index (χ3v) is 3.18. The number of hydrogen-bond acceptors (Lipinski definition) is 5. The van der Waals surface area contributed by atoms with E-state index in [2.05, 4.69) is 5.32 Å². The molecule has 0 bridgehead atoms. The molecule has 1 aliphatic rings. The molecule has 0 saturated heterocycles. The fourth-order valence-corrected chi connectivity index (χ4v) is 2.11. The van der Waals surface area contributed by atoms with Gasteiger partial charge in [-0.25, -0.2) is 4.90 Å². The average molecular weight is 296 g/mol. The molecule has 1 aliphatic heterocycles. The minimum atomic E-state index is -0.483. The normalized spacial score (nSPS) is 14.2. The highest BCUT2D eigenvalue weighted by Crippen LogP contribution is 2.25. The SMILES string of the molecule is O=C1C=C(Nc2ccc(O)cc2)C(=O)N1c1ccc(O)cc1. The second kappa shape index (κ2) is 5.25. The molecule has 110 valence electrons. The molecule has 0 unspecified atom stereocenters. The predicted molar refractivity (Wildman–Crippen MR) is 80.4 cm³/mol. The summed E-state index contributed by atoms with van der Waals surface area (Å²) < 4.78 is 0. The minimum absolute atomic E-state index is 0.0539. The predicted octanol–water partition coefficient (Wildman–Crippen LogP) is 1.97. The van der Waals surface area contributed by atoms with Crippen LogP contribution in [-0.2, 0) is 9.59 Å². The van der Waals surface area contributed by atoms with Gasteiger partial charge >= 0.3 is 0 Å². The van der Waals surface area contributed by atoms with Crippen molar-refractivity contribution in [3.63, 3.8) is 0 Å². The van der Waals surface area contributed by atoms with Gasteiger partial charge in [-0.05, 0) is 48.5 Å². The molecule has 2 amide bonds. The molecule has 6 heteroatoms. The van der Waals surface area contributed by atoms with Crippen LogP contribution in [0.3, 0.4) is 0 Å². The third-order valence-electron chi connectivity index (χ3n) is 3.18. The van der Waals surface area contributed by atoms with Gasteiger partial charge in [0, 0.05) is 11.8 Å². The number of rotatable bonds is 3. The van der Waals surface area contributed by atoms with Gasteiger partial charge in [0.05, 0.1) is 5.69 Å². The van der Waals surface area contributed by atoms with Gasteiger partial charge in [0.25, 0.3) is 11.8 Å². The van der Waals surface area contributed by atoms with Gasteiger partial charge in [-0.2, -0.15) is 0 Å². The van der Waals surface area contributed by atoms with Crippen molar-refractivity contribution in [3.05, 3.63) is 60.3 Å². The molecular formula is C16H12N2O4. The number of carbonyl (C=O) groups excluding carboxylic acids is 2. The fourth-order valence-electron chi connectivity index (χ4n) is 2.11. The van der Waals surface area contributed by atoms with Crippen molar-refractivity contribution in [2.45, 2.75) is 0 Å². The van der Waals surface area contributed by atoms with Gasteiger partial charge in [-0.3, -0.25) is 9.59 Å². The second-order valence-corrected chi connectivity index (χ2v) is 4.73. The highest BCUT2D eigenvalue weighted by molar-refractivity contribution is 6.31. The zero-order valence-corrected chi connectivity index (χ0v) is 11.4. The van der Waals surface area contributed by atoms with Gasteiger partial charge in [-0.15, -0.1) is 0 Å². The van der Waals surface area contributed by atoms with Crippen molar-refractivity contribution < 1.29 is 19.8 Å². The number of carbonyl (C=O) groups is 2. The minimum Gasteiger partial charge on any atom is -0.508 e. The molecule has 0 fully saturated rings. The number of amides is 2. The molecule has 3 rings (SSSR count). The van der Waals surface area contributed by atoms with E-state index in [1.165, 1.54) is 42.5 Å². The van der Waals surface area contributed by atoms with Crippen molar-refractivity contribution in [1.82, 2.24) is 0 Å².